The van der Waals surface area contributed by atoms with E-state index in [-0.39, 0.29) is 5.91 Å². The Labute approximate surface area is 151 Å². The maximum Gasteiger partial charge on any atom is 0.254 e. The highest BCUT2D eigenvalue weighted by Gasteiger charge is 2.34. The topological polar surface area (TPSA) is 75.5 Å². The molecule has 0 unspecified atom stereocenters. The van der Waals surface area contributed by atoms with Crippen LogP contribution in [0.15, 0.2) is 21.7 Å². The van der Waals surface area contributed by atoms with Gasteiger partial charge in [0.05, 0.1) is 17.0 Å². The lowest BCUT2D eigenvalue weighted by Gasteiger charge is -2.34. The zero-order chi connectivity index (χ0) is 18.2. The number of thiophene rings is 1. The first-order valence-corrected chi connectivity index (χ1v) is 10.6. The van der Waals surface area contributed by atoms with Crippen molar-refractivity contribution in [1.29, 1.82) is 0 Å². The van der Waals surface area contributed by atoms with Gasteiger partial charge in [-0.2, -0.15) is 20.7 Å². The molecule has 25 heavy (non-hydrogen) atoms. The van der Waals surface area contributed by atoms with Crippen LogP contribution in [0, 0.1) is 13.8 Å². The predicted octanol–water partition coefficient (Wildman–Crippen LogP) is 1.73. The molecule has 1 saturated heterocycles. The van der Waals surface area contributed by atoms with Crippen LogP contribution in [0.5, 0.6) is 0 Å². The standard InChI is InChI=1S/C16H22N4O3S2/c1-4-20-13(3)15(12(2)17-20)25(22,23)19-8-6-18(7-9-19)16(21)14-5-10-24-11-14/h5,10-11H,4,6-9H2,1-3H3. The van der Waals surface area contributed by atoms with E-state index in [1.807, 2.05) is 17.7 Å². The monoisotopic (exact) mass is 382 g/mol. The summed E-state index contributed by atoms with van der Waals surface area (Å²) >= 11 is 1.48. The van der Waals surface area contributed by atoms with Crippen LogP contribution in [-0.4, -0.2) is 59.5 Å². The Balaban J connectivity index is 1.76. The molecule has 0 aliphatic carbocycles. The largest absolute Gasteiger partial charge is 0.336 e. The van der Waals surface area contributed by atoms with Crippen LogP contribution in [0.25, 0.3) is 0 Å². The summed E-state index contributed by atoms with van der Waals surface area (Å²) in [5.41, 5.74) is 1.85. The van der Waals surface area contributed by atoms with Gasteiger partial charge in [-0.3, -0.25) is 9.48 Å². The Morgan fingerprint density at radius 3 is 2.44 bits per heavy atom. The highest BCUT2D eigenvalue weighted by Crippen LogP contribution is 2.25. The number of carbonyl (C=O) groups is 1. The lowest BCUT2D eigenvalue weighted by atomic mass is 10.2. The van der Waals surface area contributed by atoms with Crippen molar-refractivity contribution in [3.63, 3.8) is 0 Å². The molecule has 9 heteroatoms. The number of nitrogens with zero attached hydrogens (tertiary/aromatic N) is 4. The van der Waals surface area contributed by atoms with Crippen LogP contribution in [0.3, 0.4) is 0 Å². The van der Waals surface area contributed by atoms with Crippen molar-refractivity contribution in [3.05, 3.63) is 33.8 Å². The number of hydrogen-bond donors (Lipinski definition) is 0. The Bertz CT molecular complexity index is 864. The molecule has 3 rings (SSSR count). The molecule has 1 fully saturated rings. The Morgan fingerprint density at radius 2 is 1.92 bits per heavy atom. The van der Waals surface area contributed by atoms with E-state index < -0.39 is 10.0 Å². The van der Waals surface area contributed by atoms with Crippen molar-refractivity contribution in [3.8, 4) is 0 Å². The number of amides is 1. The quantitative estimate of drug-likeness (QED) is 0.807. The number of hydrogen-bond acceptors (Lipinski definition) is 5. The number of carbonyl (C=O) groups excluding carboxylic acids is 1. The van der Waals surface area contributed by atoms with Crippen molar-refractivity contribution in [2.24, 2.45) is 0 Å². The summed E-state index contributed by atoms with van der Waals surface area (Å²) in [6.07, 6.45) is 0. The number of rotatable bonds is 4. The lowest BCUT2D eigenvalue weighted by molar-refractivity contribution is 0.0698. The van der Waals surface area contributed by atoms with Gasteiger partial charge in [-0.1, -0.05) is 0 Å². The first kappa shape index (κ1) is 18.1. The number of aromatic nitrogens is 2. The zero-order valence-corrected chi connectivity index (χ0v) is 16.2. The highest BCUT2D eigenvalue weighted by molar-refractivity contribution is 7.89. The molecule has 7 nitrogen and oxygen atoms in total. The number of aryl methyl sites for hydroxylation is 2. The summed E-state index contributed by atoms with van der Waals surface area (Å²) in [6.45, 7) is 7.47. The summed E-state index contributed by atoms with van der Waals surface area (Å²) in [6, 6.07) is 1.79. The molecule has 0 N–H and O–H groups in total. The third kappa shape index (κ3) is 3.23. The normalized spacial score (nSPS) is 16.4. The first-order valence-electron chi connectivity index (χ1n) is 8.22. The summed E-state index contributed by atoms with van der Waals surface area (Å²) in [5, 5.41) is 8.00. The van der Waals surface area contributed by atoms with E-state index in [1.165, 1.54) is 15.6 Å². The van der Waals surface area contributed by atoms with Crippen LogP contribution in [-0.2, 0) is 16.6 Å². The average molecular weight is 383 g/mol. The molecule has 0 aromatic carbocycles. The van der Waals surface area contributed by atoms with Crippen LogP contribution in [0.4, 0.5) is 0 Å². The third-order valence-corrected chi connectivity index (χ3v) is 7.34. The number of piperazine rings is 1. The fraction of sp³-hybridized carbons (Fsp3) is 0.500. The fourth-order valence-electron chi connectivity index (χ4n) is 3.19. The van der Waals surface area contributed by atoms with Crippen molar-refractivity contribution in [2.75, 3.05) is 26.2 Å². The molecule has 136 valence electrons. The molecule has 2 aromatic heterocycles. The second-order valence-electron chi connectivity index (χ2n) is 6.02. The maximum absolute atomic E-state index is 13.0. The summed E-state index contributed by atoms with van der Waals surface area (Å²) in [4.78, 5) is 14.4. The van der Waals surface area contributed by atoms with Gasteiger partial charge >= 0.3 is 0 Å². The predicted molar refractivity (Wildman–Crippen MR) is 96.4 cm³/mol. The minimum absolute atomic E-state index is 0.0375. The zero-order valence-electron chi connectivity index (χ0n) is 14.6. The second-order valence-corrected chi connectivity index (χ2v) is 8.68. The molecule has 1 amide bonds. The van der Waals surface area contributed by atoms with Gasteiger partial charge < -0.3 is 4.90 Å². The van der Waals surface area contributed by atoms with Crippen LogP contribution in [0.2, 0.25) is 0 Å². The van der Waals surface area contributed by atoms with E-state index in [9.17, 15) is 13.2 Å². The van der Waals surface area contributed by atoms with Crippen LogP contribution < -0.4 is 0 Å². The third-order valence-electron chi connectivity index (χ3n) is 4.51. The van der Waals surface area contributed by atoms with Gasteiger partial charge in [-0.25, -0.2) is 8.42 Å². The van der Waals surface area contributed by atoms with E-state index in [4.69, 9.17) is 0 Å². The van der Waals surface area contributed by atoms with Crippen molar-refractivity contribution >= 4 is 27.3 Å². The number of sulfonamides is 1. The Kier molecular flexibility index (Phi) is 4.99. The molecule has 0 radical (unpaired) electrons. The van der Waals surface area contributed by atoms with Gasteiger partial charge in [0.2, 0.25) is 10.0 Å². The first-order chi connectivity index (χ1) is 11.9. The maximum atomic E-state index is 13.0. The molecule has 0 bridgehead atoms. The van der Waals surface area contributed by atoms with E-state index in [1.54, 1.807) is 29.5 Å². The molecule has 2 aromatic rings. The van der Waals surface area contributed by atoms with Gasteiger partial charge in [0, 0.05) is 38.1 Å². The SMILES string of the molecule is CCn1nc(C)c(S(=O)(=O)N2CCN(C(=O)c3ccsc3)CC2)c1C. The van der Waals surface area contributed by atoms with E-state index in [2.05, 4.69) is 5.10 Å². The molecule has 3 heterocycles. The van der Waals surface area contributed by atoms with Crippen LogP contribution in [0.1, 0.15) is 28.7 Å². The molecule has 1 aliphatic heterocycles. The lowest BCUT2D eigenvalue weighted by Crippen LogP contribution is -2.50. The van der Waals surface area contributed by atoms with Crippen LogP contribution >= 0.6 is 11.3 Å². The van der Waals surface area contributed by atoms with Crippen molar-refractivity contribution in [2.45, 2.75) is 32.2 Å². The Hall–Kier alpha value is -1.71. The van der Waals surface area contributed by atoms with Gasteiger partial charge in [0.15, 0.2) is 0 Å². The summed E-state index contributed by atoms with van der Waals surface area (Å²) < 4.78 is 29.2. The van der Waals surface area contributed by atoms with Crippen molar-refractivity contribution < 1.29 is 13.2 Å². The molecular weight excluding hydrogens is 360 g/mol. The molecule has 0 spiro atoms. The van der Waals surface area contributed by atoms with E-state index in [0.717, 1.165) is 0 Å². The van der Waals surface area contributed by atoms with Gasteiger partial charge in [-0.15, -0.1) is 0 Å². The fourth-order valence-corrected chi connectivity index (χ4v) is 5.62. The van der Waals surface area contributed by atoms with Crippen molar-refractivity contribution in [1.82, 2.24) is 19.0 Å². The highest BCUT2D eigenvalue weighted by atomic mass is 32.2. The van der Waals surface area contributed by atoms with E-state index >= 15 is 0 Å². The van der Waals surface area contributed by atoms with Gasteiger partial charge in [0.25, 0.3) is 5.91 Å². The van der Waals surface area contributed by atoms with Gasteiger partial charge in [0.1, 0.15) is 4.90 Å². The molecular formula is C16H22N4O3S2. The molecule has 0 atom stereocenters. The molecule has 1 aliphatic rings. The average Bonchev–Trinajstić information content (AvgIpc) is 3.22. The minimum atomic E-state index is -3.60. The summed E-state index contributed by atoms with van der Waals surface area (Å²) in [7, 11) is -3.60. The smallest absolute Gasteiger partial charge is 0.254 e. The minimum Gasteiger partial charge on any atom is -0.336 e. The Morgan fingerprint density at radius 1 is 1.24 bits per heavy atom. The van der Waals surface area contributed by atoms with E-state index in [0.29, 0.717) is 54.6 Å². The second kappa shape index (κ2) is 6.89. The molecule has 0 saturated carbocycles. The summed E-state index contributed by atoms with van der Waals surface area (Å²) in [5.74, 6) is -0.0375. The van der Waals surface area contributed by atoms with Gasteiger partial charge in [-0.05, 0) is 32.2 Å².